The smallest absolute Gasteiger partial charge is 0.251 e. The number of aryl methyl sites for hydroxylation is 1. The third kappa shape index (κ3) is 5.64. The average Bonchev–Trinajstić information content (AvgIpc) is 2.81. The predicted molar refractivity (Wildman–Crippen MR) is 129 cm³/mol. The summed E-state index contributed by atoms with van der Waals surface area (Å²) in [6.45, 7) is 1.23. The fourth-order valence-corrected chi connectivity index (χ4v) is 3.85. The molecular formula is C26H23Cl2NO3. The second-order valence-electron chi connectivity index (χ2n) is 7.44. The van der Waals surface area contributed by atoms with Gasteiger partial charge in [-0.15, -0.1) is 0 Å². The Morgan fingerprint density at radius 3 is 2.69 bits per heavy atom. The van der Waals surface area contributed by atoms with Gasteiger partial charge in [0.05, 0.1) is 11.6 Å². The number of nitrogens with one attached hydrogen (secondary N) is 1. The Hall–Kier alpha value is -2.95. The molecule has 0 fully saturated rings. The molecule has 1 aliphatic rings. The van der Waals surface area contributed by atoms with E-state index in [1.54, 1.807) is 24.3 Å². The van der Waals surface area contributed by atoms with Gasteiger partial charge in [-0.2, -0.15) is 0 Å². The summed E-state index contributed by atoms with van der Waals surface area (Å²) in [5.74, 6) is 1.81. The molecule has 1 N–H and O–H groups in total. The SMILES string of the molecule is O=C(NCC/C=C\c1ccccc1Cl)c1ccc(Oc2cc3c(cc2Cl)CCCO3)cc1. The lowest BCUT2D eigenvalue weighted by Gasteiger charge is -2.19. The van der Waals surface area contributed by atoms with Gasteiger partial charge >= 0.3 is 0 Å². The predicted octanol–water partition coefficient (Wildman–Crippen LogP) is 6.94. The van der Waals surface area contributed by atoms with Crippen LogP contribution in [0.5, 0.6) is 17.2 Å². The molecule has 1 heterocycles. The zero-order valence-corrected chi connectivity index (χ0v) is 19.0. The van der Waals surface area contributed by atoms with Crippen molar-refractivity contribution in [2.45, 2.75) is 19.3 Å². The largest absolute Gasteiger partial charge is 0.493 e. The van der Waals surface area contributed by atoms with Gasteiger partial charge in [-0.25, -0.2) is 0 Å². The number of hydrogen-bond acceptors (Lipinski definition) is 3. The zero-order valence-electron chi connectivity index (χ0n) is 17.4. The van der Waals surface area contributed by atoms with Crippen molar-refractivity contribution >= 4 is 35.2 Å². The lowest BCUT2D eigenvalue weighted by Crippen LogP contribution is -2.23. The number of fused-ring (bicyclic) bond motifs is 1. The van der Waals surface area contributed by atoms with Crippen molar-refractivity contribution in [1.82, 2.24) is 5.32 Å². The number of rotatable bonds is 7. The number of halogens is 2. The molecule has 6 heteroatoms. The molecule has 164 valence electrons. The number of benzene rings is 3. The first-order valence-corrected chi connectivity index (χ1v) is 11.3. The van der Waals surface area contributed by atoms with Gasteiger partial charge < -0.3 is 14.8 Å². The number of carbonyl (C=O) groups is 1. The van der Waals surface area contributed by atoms with Crippen LogP contribution < -0.4 is 14.8 Å². The van der Waals surface area contributed by atoms with E-state index in [-0.39, 0.29) is 5.91 Å². The number of ether oxygens (including phenoxy) is 2. The second-order valence-corrected chi connectivity index (χ2v) is 8.25. The normalized spacial score (nSPS) is 12.8. The molecule has 4 nitrogen and oxygen atoms in total. The third-order valence-electron chi connectivity index (χ3n) is 5.11. The average molecular weight is 468 g/mol. The van der Waals surface area contributed by atoms with E-state index < -0.39 is 0 Å². The Labute approximate surface area is 197 Å². The molecule has 0 aromatic heterocycles. The lowest BCUT2D eigenvalue weighted by atomic mass is 10.1. The molecule has 0 spiro atoms. The summed E-state index contributed by atoms with van der Waals surface area (Å²) in [5, 5.41) is 4.16. The molecule has 0 unspecified atom stereocenters. The van der Waals surface area contributed by atoms with Crippen molar-refractivity contribution in [3.8, 4) is 17.2 Å². The molecule has 0 saturated carbocycles. The Balaban J connectivity index is 1.30. The van der Waals surface area contributed by atoms with Crippen LogP contribution >= 0.6 is 23.2 Å². The maximum absolute atomic E-state index is 12.4. The van der Waals surface area contributed by atoms with Gasteiger partial charge in [-0.3, -0.25) is 4.79 Å². The molecule has 4 rings (SSSR count). The monoisotopic (exact) mass is 467 g/mol. The van der Waals surface area contributed by atoms with Crippen molar-refractivity contribution < 1.29 is 14.3 Å². The first-order chi connectivity index (χ1) is 15.6. The summed E-state index contributed by atoms with van der Waals surface area (Å²) in [4.78, 5) is 12.4. The molecular weight excluding hydrogens is 445 g/mol. The summed E-state index contributed by atoms with van der Waals surface area (Å²) in [7, 11) is 0. The van der Waals surface area contributed by atoms with Crippen LogP contribution in [-0.4, -0.2) is 19.1 Å². The highest BCUT2D eigenvalue weighted by Crippen LogP contribution is 2.37. The minimum absolute atomic E-state index is 0.136. The number of hydrogen-bond donors (Lipinski definition) is 1. The van der Waals surface area contributed by atoms with E-state index in [4.69, 9.17) is 32.7 Å². The summed E-state index contributed by atoms with van der Waals surface area (Å²) in [6, 6.07) is 18.3. The number of amides is 1. The highest BCUT2D eigenvalue weighted by atomic mass is 35.5. The molecule has 32 heavy (non-hydrogen) atoms. The van der Waals surface area contributed by atoms with Crippen molar-refractivity contribution in [3.05, 3.63) is 93.5 Å². The third-order valence-corrected chi connectivity index (χ3v) is 5.75. The van der Waals surface area contributed by atoms with Crippen LogP contribution in [0.4, 0.5) is 0 Å². The van der Waals surface area contributed by atoms with E-state index in [2.05, 4.69) is 5.32 Å². The van der Waals surface area contributed by atoms with E-state index in [0.29, 0.717) is 46.7 Å². The molecule has 3 aromatic rings. The van der Waals surface area contributed by atoms with Crippen LogP contribution in [0.2, 0.25) is 10.0 Å². The van der Waals surface area contributed by atoms with Gasteiger partial charge in [0.2, 0.25) is 0 Å². The molecule has 0 bridgehead atoms. The maximum atomic E-state index is 12.4. The quantitative estimate of drug-likeness (QED) is 0.382. The Morgan fingerprint density at radius 2 is 1.88 bits per heavy atom. The fraction of sp³-hybridized carbons (Fsp3) is 0.192. The first kappa shape index (κ1) is 22.3. The molecule has 1 amide bonds. The Morgan fingerprint density at radius 1 is 1.06 bits per heavy atom. The van der Waals surface area contributed by atoms with Gasteiger partial charge in [0.25, 0.3) is 5.91 Å². The van der Waals surface area contributed by atoms with Gasteiger partial charge in [0.15, 0.2) is 0 Å². The molecule has 0 saturated heterocycles. The highest BCUT2D eigenvalue weighted by Gasteiger charge is 2.15. The van der Waals surface area contributed by atoms with Crippen LogP contribution in [0.1, 0.15) is 34.3 Å². The van der Waals surface area contributed by atoms with Gasteiger partial charge in [0.1, 0.15) is 17.2 Å². The van der Waals surface area contributed by atoms with Crippen molar-refractivity contribution in [3.63, 3.8) is 0 Å². The van der Waals surface area contributed by atoms with Crippen molar-refractivity contribution in [2.24, 2.45) is 0 Å². The van der Waals surface area contributed by atoms with Gasteiger partial charge in [-0.05, 0) is 66.8 Å². The zero-order chi connectivity index (χ0) is 22.3. The minimum atomic E-state index is -0.136. The molecule has 0 aliphatic carbocycles. The molecule has 0 atom stereocenters. The molecule has 0 radical (unpaired) electrons. The van der Waals surface area contributed by atoms with Crippen LogP contribution in [0, 0.1) is 0 Å². The molecule has 1 aliphatic heterocycles. The van der Waals surface area contributed by atoms with Crippen LogP contribution in [0.25, 0.3) is 6.08 Å². The standard InChI is InChI=1S/C26H23Cl2NO3/c27-22-9-2-1-6-18(22)7-3-4-14-29-26(30)19-10-12-21(13-11-19)32-25-17-24-20(16-23(25)28)8-5-15-31-24/h1-3,6-7,9-13,16-17H,4-5,8,14-15H2,(H,29,30)/b7-3-. The van der Waals surface area contributed by atoms with E-state index in [1.165, 1.54) is 0 Å². The summed E-state index contributed by atoms with van der Waals surface area (Å²) in [5.41, 5.74) is 2.62. The Kier molecular flexibility index (Phi) is 7.35. The maximum Gasteiger partial charge on any atom is 0.251 e. The number of carbonyl (C=O) groups excluding carboxylic acids is 1. The highest BCUT2D eigenvalue weighted by molar-refractivity contribution is 6.32. The van der Waals surface area contributed by atoms with E-state index in [0.717, 1.165) is 29.7 Å². The topological polar surface area (TPSA) is 47.6 Å². The van der Waals surface area contributed by atoms with E-state index in [1.807, 2.05) is 48.6 Å². The summed E-state index contributed by atoms with van der Waals surface area (Å²) in [6.07, 6.45) is 6.60. The van der Waals surface area contributed by atoms with E-state index in [9.17, 15) is 4.79 Å². The Bertz CT molecular complexity index is 1130. The van der Waals surface area contributed by atoms with Crippen LogP contribution in [0.15, 0.2) is 66.7 Å². The first-order valence-electron chi connectivity index (χ1n) is 10.5. The van der Waals surface area contributed by atoms with Crippen molar-refractivity contribution in [1.29, 1.82) is 0 Å². The summed E-state index contributed by atoms with van der Waals surface area (Å²) < 4.78 is 11.6. The van der Waals surface area contributed by atoms with Crippen LogP contribution in [0.3, 0.4) is 0 Å². The fourth-order valence-electron chi connectivity index (χ4n) is 3.42. The van der Waals surface area contributed by atoms with Crippen molar-refractivity contribution in [2.75, 3.05) is 13.2 Å². The van der Waals surface area contributed by atoms with E-state index >= 15 is 0 Å². The molecule has 3 aromatic carbocycles. The summed E-state index contributed by atoms with van der Waals surface area (Å²) >= 11 is 12.5. The lowest BCUT2D eigenvalue weighted by molar-refractivity contribution is 0.0954. The van der Waals surface area contributed by atoms with Gasteiger partial charge in [0, 0.05) is 23.2 Å². The second kappa shape index (κ2) is 10.6. The van der Waals surface area contributed by atoms with Gasteiger partial charge in [-0.1, -0.05) is 53.6 Å². The minimum Gasteiger partial charge on any atom is -0.493 e. The van der Waals surface area contributed by atoms with Crippen LogP contribution in [-0.2, 0) is 6.42 Å².